The van der Waals surface area contributed by atoms with E-state index < -0.39 is 11.7 Å². The third-order valence-electron chi connectivity index (χ3n) is 5.97. The Hall–Kier alpha value is -3.39. The molecule has 7 nitrogen and oxygen atoms in total. The molecule has 0 aliphatic carbocycles. The molecule has 5 rings (SSSR count). The highest BCUT2D eigenvalue weighted by molar-refractivity contribution is 6.33. The van der Waals surface area contributed by atoms with Gasteiger partial charge in [0.05, 0.1) is 27.5 Å². The van der Waals surface area contributed by atoms with Gasteiger partial charge in [-0.1, -0.05) is 18.0 Å². The Morgan fingerprint density at radius 1 is 1.06 bits per heavy atom. The van der Waals surface area contributed by atoms with Gasteiger partial charge in [-0.3, -0.25) is 4.79 Å². The van der Waals surface area contributed by atoms with Crippen LogP contribution in [0.5, 0.6) is 0 Å². The van der Waals surface area contributed by atoms with Gasteiger partial charge in [0, 0.05) is 30.3 Å². The number of halogens is 2. The van der Waals surface area contributed by atoms with Gasteiger partial charge in [-0.2, -0.15) is 0 Å². The zero-order valence-electron chi connectivity index (χ0n) is 18.3. The summed E-state index contributed by atoms with van der Waals surface area (Å²) in [6.45, 7) is 4.43. The molecule has 1 aliphatic rings. The van der Waals surface area contributed by atoms with E-state index >= 15 is 0 Å². The van der Waals surface area contributed by atoms with Gasteiger partial charge in [-0.25, -0.2) is 14.4 Å². The molecule has 1 N–H and O–H groups in total. The fraction of sp³-hybridized carbons (Fsp3) is 0.292. The molecular weight excluding hydrogens is 443 g/mol. The van der Waals surface area contributed by atoms with Crippen molar-refractivity contribution in [3.05, 3.63) is 63.9 Å². The van der Waals surface area contributed by atoms with E-state index in [9.17, 15) is 9.18 Å². The topological polar surface area (TPSA) is 85.6 Å². The summed E-state index contributed by atoms with van der Waals surface area (Å²) in [4.78, 5) is 22.0. The predicted octanol–water partition coefficient (Wildman–Crippen LogP) is 5.28. The van der Waals surface area contributed by atoms with E-state index in [1.54, 1.807) is 32.0 Å². The number of hydrogen-bond donors (Lipinski definition) is 1. The number of nitrogens with one attached hydrogen (secondary N) is 1. The van der Waals surface area contributed by atoms with E-state index in [2.05, 4.69) is 30.0 Å². The SMILES string of the molecule is Cc1nc2cc(F)cc(C(=O)Nc3ccc(Cl)c(-c4nnc5n4CCCCC5)c3)c2nc1C. The molecule has 0 unspecified atom stereocenters. The molecule has 0 fully saturated rings. The molecule has 0 bridgehead atoms. The van der Waals surface area contributed by atoms with E-state index in [4.69, 9.17) is 11.6 Å². The maximum Gasteiger partial charge on any atom is 0.258 e. The smallest absolute Gasteiger partial charge is 0.258 e. The summed E-state index contributed by atoms with van der Waals surface area (Å²) in [5, 5.41) is 12.1. The molecule has 2 aromatic carbocycles. The maximum atomic E-state index is 14.2. The number of anilines is 1. The van der Waals surface area contributed by atoms with Crippen LogP contribution in [-0.2, 0) is 13.0 Å². The molecule has 9 heteroatoms. The van der Waals surface area contributed by atoms with Crippen LogP contribution in [0, 0.1) is 19.7 Å². The highest BCUT2D eigenvalue weighted by atomic mass is 35.5. The van der Waals surface area contributed by atoms with Crippen LogP contribution in [0.15, 0.2) is 30.3 Å². The van der Waals surface area contributed by atoms with Crippen LogP contribution in [0.25, 0.3) is 22.4 Å². The number of hydrogen-bond acceptors (Lipinski definition) is 5. The lowest BCUT2D eigenvalue weighted by Crippen LogP contribution is -2.14. The van der Waals surface area contributed by atoms with Crippen LogP contribution in [0.2, 0.25) is 5.02 Å². The summed E-state index contributed by atoms with van der Waals surface area (Å²) >= 11 is 6.49. The number of fused-ring (bicyclic) bond motifs is 2. The molecule has 0 saturated heterocycles. The summed E-state index contributed by atoms with van der Waals surface area (Å²) in [5.74, 6) is 0.600. The van der Waals surface area contributed by atoms with Gasteiger partial charge >= 0.3 is 0 Å². The molecule has 4 aromatic rings. The van der Waals surface area contributed by atoms with Crippen molar-refractivity contribution < 1.29 is 9.18 Å². The highest BCUT2D eigenvalue weighted by Gasteiger charge is 2.20. The van der Waals surface area contributed by atoms with Crippen molar-refractivity contribution in [3.8, 4) is 11.4 Å². The number of aryl methyl sites for hydroxylation is 3. The Morgan fingerprint density at radius 3 is 2.73 bits per heavy atom. The van der Waals surface area contributed by atoms with Gasteiger partial charge in [0.1, 0.15) is 17.2 Å². The molecule has 3 heterocycles. The van der Waals surface area contributed by atoms with Crippen molar-refractivity contribution in [1.29, 1.82) is 0 Å². The zero-order valence-corrected chi connectivity index (χ0v) is 19.1. The van der Waals surface area contributed by atoms with Gasteiger partial charge < -0.3 is 9.88 Å². The van der Waals surface area contributed by atoms with E-state index in [0.717, 1.165) is 38.1 Å². The average Bonchev–Trinajstić information content (AvgIpc) is 3.03. The second-order valence-electron chi connectivity index (χ2n) is 8.27. The van der Waals surface area contributed by atoms with Crippen LogP contribution >= 0.6 is 11.6 Å². The molecule has 0 spiro atoms. The van der Waals surface area contributed by atoms with Crippen molar-refractivity contribution in [2.45, 2.75) is 46.1 Å². The van der Waals surface area contributed by atoms with Gasteiger partial charge in [0.25, 0.3) is 5.91 Å². The summed E-state index contributed by atoms with van der Waals surface area (Å²) in [7, 11) is 0. The van der Waals surface area contributed by atoms with Crippen molar-refractivity contribution in [1.82, 2.24) is 24.7 Å². The van der Waals surface area contributed by atoms with Crippen molar-refractivity contribution in [2.75, 3.05) is 5.32 Å². The van der Waals surface area contributed by atoms with E-state index in [-0.39, 0.29) is 5.56 Å². The quantitative estimate of drug-likeness (QED) is 0.446. The average molecular weight is 465 g/mol. The van der Waals surface area contributed by atoms with Gasteiger partial charge in [-0.05, 0) is 51.0 Å². The lowest BCUT2D eigenvalue weighted by atomic mass is 10.1. The first-order valence-corrected chi connectivity index (χ1v) is 11.3. The zero-order chi connectivity index (χ0) is 23.1. The van der Waals surface area contributed by atoms with Crippen molar-refractivity contribution in [2.24, 2.45) is 0 Å². The molecular formula is C24H22ClFN6O. The third-order valence-corrected chi connectivity index (χ3v) is 6.29. The Balaban J connectivity index is 1.51. The van der Waals surface area contributed by atoms with Crippen molar-refractivity contribution >= 4 is 34.2 Å². The predicted molar refractivity (Wildman–Crippen MR) is 125 cm³/mol. The maximum absolute atomic E-state index is 14.2. The number of amides is 1. The van der Waals surface area contributed by atoms with Crippen LogP contribution in [-0.4, -0.2) is 30.6 Å². The van der Waals surface area contributed by atoms with Gasteiger partial charge in [0.2, 0.25) is 0 Å². The lowest BCUT2D eigenvalue weighted by molar-refractivity contribution is 0.102. The first kappa shape index (κ1) is 21.5. The Labute approximate surface area is 195 Å². The van der Waals surface area contributed by atoms with Crippen LogP contribution in [0.3, 0.4) is 0 Å². The summed E-state index contributed by atoms with van der Waals surface area (Å²) in [6, 6.07) is 7.64. The lowest BCUT2D eigenvalue weighted by Gasteiger charge is -2.12. The Bertz CT molecular complexity index is 1400. The molecule has 1 aliphatic heterocycles. The molecule has 0 radical (unpaired) electrons. The second-order valence-corrected chi connectivity index (χ2v) is 8.67. The van der Waals surface area contributed by atoms with Crippen LogP contribution in [0.1, 0.15) is 46.8 Å². The molecule has 168 valence electrons. The highest BCUT2D eigenvalue weighted by Crippen LogP contribution is 2.32. The van der Waals surface area contributed by atoms with E-state index in [1.807, 2.05) is 0 Å². The number of aromatic nitrogens is 5. The second kappa shape index (κ2) is 8.51. The molecule has 0 atom stereocenters. The van der Waals surface area contributed by atoms with E-state index in [1.165, 1.54) is 12.1 Å². The number of benzene rings is 2. The number of carbonyl (C=O) groups is 1. The number of rotatable bonds is 3. The minimum Gasteiger partial charge on any atom is -0.322 e. The number of nitrogens with zero attached hydrogens (tertiary/aromatic N) is 5. The summed E-state index contributed by atoms with van der Waals surface area (Å²) in [5.41, 5.74) is 3.39. The summed E-state index contributed by atoms with van der Waals surface area (Å²) < 4.78 is 16.3. The molecule has 2 aromatic heterocycles. The van der Waals surface area contributed by atoms with Gasteiger partial charge in [-0.15, -0.1) is 10.2 Å². The Morgan fingerprint density at radius 2 is 1.88 bits per heavy atom. The minimum atomic E-state index is -0.548. The fourth-order valence-corrected chi connectivity index (χ4v) is 4.33. The monoisotopic (exact) mass is 464 g/mol. The fourth-order valence-electron chi connectivity index (χ4n) is 4.13. The normalized spacial score (nSPS) is 13.6. The minimum absolute atomic E-state index is 0.119. The van der Waals surface area contributed by atoms with Crippen LogP contribution < -0.4 is 5.32 Å². The van der Waals surface area contributed by atoms with Crippen LogP contribution in [0.4, 0.5) is 10.1 Å². The van der Waals surface area contributed by atoms with Gasteiger partial charge in [0.15, 0.2) is 5.82 Å². The molecule has 1 amide bonds. The third kappa shape index (κ3) is 4.06. The largest absolute Gasteiger partial charge is 0.322 e. The molecule has 0 saturated carbocycles. The Kier molecular flexibility index (Phi) is 5.54. The first-order valence-electron chi connectivity index (χ1n) is 10.9. The molecule has 33 heavy (non-hydrogen) atoms. The summed E-state index contributed by atoms with van der Waals surface area (Å²) in [6.07, 6.45) is 4.17. The number of carbonyl (C=O) groups excluding carboxylic acids is 1. The van der Waals surface area contributed by atoms with E-state index in [0.29, 0.717) is 44.5 Å². The first-order chi connectivity index (χ1) is 15.9. The standard InChI is InChI=1S/C24H22ClFN6O/c1-13-14(2)28-22-18(10-15(26)11-20(22)27-13)24(33)29-16-7-8-19(25)17(12-16)23-31-30-21-6-4-3-5-9-32(21)23/h7-8,10-12H,3-6,9H2,1-2H3,(H,29,33). The van der Waals surface area contributed by atoms with Crippen molar-refractivity contribution in [3.63, 3.8) is 0 Å².